The molecule has 5 heteroatoms. The van der Waals surface area contributed by atoms with Crippen LogP contribution in [0.3, 0.4) is 0 Å². The van der Waals surface area contributed by atoms with Gasteiger partial charge in [-0.15, -0.1) is 0 Å². The van der Waals surface area contributed by atoms with Crippen LogP contribution in [0.2, 0.25) is 0 Å². The molecule has 0 aromatic rings. The SMILES string of the molecule is CCCCOCCOCCOCCNC(C)C(C)CO. The zero-order valence-electron chi connectivity index (χ0n) is 13.4. The van der Waals surface area contributed by atoms with Gasteiger partial charge in [-0.1, -0.05) is 20.3 Å². The van der Waals surface area contributed by atoms with Gasteiger partial charge in [0.1, 0.15) is 0 Å². The average molecular weight is 291 g/mol. The number of unbranched alkanes of at least 4 members (excludes halogenated alkanes) is 1. The minimum absolute atomic E-state index is 0.211. The van der Waals surface area contributed by atoms with Crippen molar-refractivity contribution >= 4 is 0 Å². The van der Waals surface area contributed by atoms with Crippen molar-refractivity contribution in [1.82, 2.24) is 5.32 Å². The van der Waals surface area contributed by atoms with E-state index in [0.29, 0.717) is 39.1 Å². The Hall–Kier alpha value is -0.200. The highest BCUT2D eigenvalue weighted by Gasteiger charge is 2.09. The Morgan fingerprint density at radius 1 is 0.900 bits per heavy atom. The molecular weight excluding hydrogens is 258 g/mol. The molecule has 0 aliphatic heterocycles. The smallest absolute Gasteiger partial charge is 0.0701 e. The molecule has 0 aliphatic carbocycles. The minimum atomic E-state index is 0.211. The summed E-state index contributed by atoms with van der Waals surface area (Å²) in [6.07, 6.45) is 2.28. The monoisotopic (exact) mass is 291 g/mol. The van der Waals surface area contributed by atoms with Crippen molar-refractivity contribution in [1.29, 1.82) is 0 Å². The van der Waals surface area contributed by atoms with Crippen LogP contribution in [0.15, 0.2) is 0 Å². The van der Waals surface area contributed by atoms with Crippen LogP contribution < -0.4 is 5.32 Å². The Morgan fingerprint density at radius 2 is 1.45 bits per heavy atom. The molecule has 0 rings (SSSR count). The first-order valence-corrected chi connectivity index (χ1v) is 7.79. The number of aliphatic hydroxyl groups excluding tert-OH is 1. The van der Waals surface area contributed by atoms with E-state index in [4.69, 9.17) is 19.3 Å². The highest BCUT2D eigenvalue weighted by Crippen LogP contribution is 1.99. The van der Waals surface area contributed by atoms with Crippen molar-refractivity contribution in [3.05, 3.63) is 0 Å². The summed E-state index contributed by atoms with van der Waals surface area (Å²) in [5.41, 5.74) is 0. The van der Waals surface area contributed by atoms with E-state index >= 15 is 0 Å². The van der Waals surface area contributed by atoms with Crippen LogP contribution in [0.4, 0.5) is 0 Å². The molecular formula is C15H33NO4. The number of rotatable bonds is 15. The maximum Gasteiger partial charge on any atom is 0.0701 e. The van der Waals surface area contributed by atoms with Gasteiger partial charge in [0.2, 0.25) is 0 Å². The highest BCUT2D eigenvalue weighted by atomic mass is 16.5. The van der Waals surface area contributed by atoms with Gasteiger partial charge in [-0.3, -0.25) is 0 Å². The fourth-order valence-corrected chi connectivity index (χ4v) is 1.51. The first-order valence-electron chi connectivity index (χ1n) is 7.79. The summed E-state index contributed by atoms with van der Waals surface area (Å²) in [6.45, 7) is 11.3. The van der Waals surface area contributed by atoms with Gasteiger partial charge >= 0.3 is 0 Å². The Bertz CT molecular complexity index is 193. The average Bonchev–Trinajstić information content (AvgIpc) is 2.47. The van der Waals surface area contributed by atoms with Gasteiger partial charge in [0.15, 0.2) is 0 Å². The second-order valence-electron chi connectivity index (χ2n) is 5.09. The quantitative estimate of drug-likeness (QED) is 0.447. The topological polar surface area (TPSA) is 60.0 Å². The van der Waals surface area contributed by atoms with Crippen molar-refractivity contribution in [3.8, 4) is 0 Å². The fraction of sp³-hybridized carbons (Fsp3) is 1.00. The molecule has 0 saturated heterocycles. The molecule has 0 aromatic carbocycles. The minimum Gasteiger partial charge on any atom is -0.396 e. The molecule has 0 spiro atoms. The van der Waals surface area contributed by atoms with E-state index in [9.17, 15) is 0 Å². The van der Waals surface area contributed by atoms with Gasteiger partial charge in [0, 0.05) is 25.8 Å². The molecule has 0 radical (unpaired) electrons. The lowest BCUT2D eigenvalue weighted by Gasteiger charge is -2.19. The van der Waals surface area contributed by atoms with Crippen LogP contribution in [0.5, 0.6) is 0 Å². The third-order valence-corrected chi connectivity index (χ3v) is 3.24. The molecule has 0 aromatic heterocycles. The molecule has 5 nitrogen and oxygen atoms in total. The second kappa shape index (κ2) is 15.2. The molecule has 20 heavy (non-hydrogen) atoms. The van der Waals surface area contributed by atoms with E-state index in [1.54, 1.807) is 0 Å². The summed E-state index contributed by atoms with van der Waals surface area (Å²) < 4.78 is 16.2. The summed E-state index contributed by atoms with van der Waals surface area (Å²) in [7, 11) is 0. The van der Waals surface area contributed by atoms with E-state index < -0.39 is 0 Å². The summed E-state index contributed by atoms with van der Waals surface area (Å²) in [5, 5.41) is 12.3. The van der Waals surface area contributed by atoms with Crippen LogP contribution in [-0.2, 0) is 14.2 Å². The van der Waals surface area contributed by atoms with E-state index in [-0.39, 0.29) is 12.5 Å². The molecule has 2 unspecified atom stereocenters. The predicted octanol–water partition coefficient (Wildman–Crippen LogP) is 1.44. The van der Waals surface area contributed by atoms with Crippen LogP contribution >= 0.6 is 0 Å². The Kier molecular flexibility index (Phi) is 15.0. The summed E-state index contributed by atoms with van der Waals surface area (Å²) in [5.74, 6) is 0.269. The van der Waals surface area contributed by atoms with E-state index in [1.165, 1.54) is 6.42 Å². The van der Waals surface area contributed by atoms with E-state index in [1.807, 2.05) is 6.92 Å². The van der Waals surface area contributed by atoms with Crippen LogP contribution in [-0.4, -0.2) is 63.9 Å². The zero-order valence-corrected chi connectivity index (χ0v) is 13.4. The first kappa shape index (κ1) is 19.8. The van der Waals surface area contributed by atoms with Crippen molar-refractivity contribution in [2.24, 2.45) is 5.92 Å². The maximum absolute atomic E-state index is 9.00. The fourth-order valence-electron chi connectivity index (χ4n) is 1.51. The van der Waals surface area contributed by atoms with Gasteiger partial charge in [0.25, 0.3) is 0 Å². The van der Waals surface area contributed by atoms with E-state index in [2.05, 4.69) is 19.2 Å². The summed E-state index contributed by atoms with van der Waals surface area (Å²) in [6, 6.07) is 0.306. The molecule has 0 amide bonds. The van der Waals surface area contributed by atoms with Gasteiger partial charge in [-0.2, -0.15) is 0 Å². The van der Waals surface area contributed by atoms with Crippen molar-refractivity contribution in [2.45, 2.75) is 39.7 Å². The third kappa shape index (κ3) is 12.8. The Balaban J connectivity index is 3.10. The number of hydrogen-bond donors (Lipinski definition) is 2. The van der Waals surface area contributed by atoms with Crippen LogP contribution in [0.25, 0.3) is 0 Å². The normalized spacial score (nSPS) is 14.4. The van der Waals surface area contributed by atoms with Gasteiger partial charge in [0.05, 0.1) is 33.0 Å². The maximum atomic E-state index is 9.00. The molecule has 0 aliphatic rings. The lowest BCUT2D eigenvalue weighted by Crippen LogP contribution is -2.36. The number of ether oxygens (including phenoxy) is 3. The summed E-state index contributed by atoms with van der Waals surface area (Å²) >= 11 is 0. The third-order valence-electron chi connectivity index (χ3n) is 3.24. The van der Waals surface area contributed by atoms with E-state index in [0.717, 1.165) is 19.6 Å². The molecule has 0 bridgehead atoms. The number of hydrogen-bond acceptors (Lipinski definition) is 5. The molecule has 122 valence electrons. The second-order valence-corrected chi connectivity index (χ2v) is 5.09. The lowest BCUT2D eigenvalue weighted by atomic mass is 10.1. The Morgan fingerprint density at radius 3 is 2.00 bits per heavy atom. The first-order chi connectivity index (χ1) is 9.72. The molecule has 0 saturated carbocycles. The van der Waals surface area contributed by atoms with Gasteiger partial charge in [-0.25, -0.2) is 0 Å². The molecule has 2 N–H and O–H groups in total. The Labute approximate surface area is 124 Å². The largest absolute Gasteiger partial charge is 0.396 e. The standard InChI is InChI=1S/C15H33NO4/c1-4-5-7-18-9-11-20-12-10-19-8-6-16-15(3)14(2)13-17/h14-17H,4-13H2,1-3H3. The number of aliphatic hydroxyl groups is 1. The van der Waals surface area contributed by atoms with Crippen LogP contribution in [0.1, 0.15) is 33.6 Å². The zero-order chi connectivity index (χ0) is 15.1. The van der Waals surface area contributed by atoms with Crippen molar-refractivity contribution < 1.29 is 19.3 Å². The molecule has 0 fully saturated rings. The van der Waals surface area contributed by atoms with Gasteiger partial charge < -0.3 is 24.6 Å². The highest BCUT2D eigenvalue weighted by molar-refractivity contribution is 4.66. The van der Waals surface area contributed by atoms with Crippen molar-refractivity contribution in [2.75, 3.05) is 52.8 Å². The van der Waals surface area contributed by atoms with Crippen LogP contribution in [0, 0.1) is 5.92 Å². The summed E-state index contributed by atoms with van der Waals surface area (Å²) in [4.78, 5) is 0. The van der Waals surface area contributed by atoms with Crippen molar-refractivity contribution in [3.63, 3.8) is 0 Å². The predicted molar refractivity (Wildman–Crippen MR) is 81.1 cm³/mol. The molecule has 0 heterocycles. The lowest BCUT2D eigenvalue weighted by molar-refractivity contribution is 0.0142. The number of nitrogens with one attached hydrogen (secondary N) is 1. The van der Waals surface area contributed by atoms with Gasteiger partial charge in [-0.05, 0) is 19.3 Å². The molecule has 2 atom stereocenters.